The summed E-state index contributed by atoms with van der Waals surface area (Å²) < 4.78 is 7.23. The zero-order valence-electron chi connectivity index (χ0n) is 14.1. The number of rotatable bonds is 5. The number of piperidine rings is 1. The lowest BCUT2D eigenvalue weighted by Crippen LogP contribution is -2.51. The summed E-state index contributed by atoms with van der Waals surface area (Å²) in [4.78, 5) is 11.8. The fourth-order valence-electron chi connectivity index (χ4n) is 3.81. The first-order valence-electron chi connectivity index (χ1n) is 8.73. The standard InChI is InChI=1S/C17H28N4O2/c1-12(9-13-5-7-23-8-6-13)19-15-3-4-16(22)20-17(15)14-10-18-21(2)11-14/h10-13,15,17,19H,3-9H2,1-2H3,(H,20,22)/t12-,15+,17-/m0/s1. The molecule has 2 aliphatic rings. The molecule has 0 aromatic carbocycles. The molecule has 0 radical (unpaired) electrons. The number of ether oxygens (including phenoxy) is 1. The van der Waals surface area contributed by atoms with Crippen LogP contribution in [0.1, 0.15) is 50.6 Å². The molecule has 2 saturated heterocycles. The molecule has 2 N–H and O–H groups in total. The molecule has 1 amide bonds. The van der Waals surface area contributed by atoms with Gasteiger partial charge in [0.15, 0.2) is 0 Å². The van der Waals surface area contributed by atoms with Crippen molar-refractivity contribution in [3.05, 3.63) is 18.0 Å². The summed E-state index contributed by atoms with van der Waals surface area (Å²) in [6.07, 6.45) is 8.83. The van der Waals surface area contributed by atoms with Crippen molar-refractivity contribution in [2.45, 2.75) is 57.2 Å². The van der Waals surface area contributed by atoms with E-state index in [1.54, 1.807) is 4.68 Å². The Morgan fingerprint density at radius 1 is 1.43 bits per heavy atom. The Balaban J connectivity index is 1.60. The number of amides is 1. The molecule has 3 atom stereocenters. The van der Waals surface area contributed by atoms with E-state index in [4.69, 9.17) is 4.74 Å². The molecule has 2 fully saturated rings. The van der Waals surface area contributed by atoms with Crippen LogP contribution in [0.15, 0.2) is 12.4 Å². The van der Waals surface area contributed by atoms with Gasteiger partial charge in [-0.3, -0.25) is 9.48 Å². The van der Waals surface area contributed by atoms with Gasteiger partial charge in [-0.2, -0.15) is 5.10 Å². The molecule has 0 saturated carbocycles. The first-order valence-corrected chi connectivity index (χ1v) is 8.73. The number of carbonyl (C=O) groups excluding carboxylic acids is 1. The zero-order valence-corrected chi connectivity index (χ0v) is 14.1. The lowest BCUT2D eigenvalue weighted by molar-refractivity contribution is -0.124. The normalized spacial score (nSPS) is 27.7. The minimum Gasteiger partial charge on any atom is -0.381 e. The Morgan fingerprint density at radius 2 is 2.22 bits per heavy atom. The molecular formula is C17H28N4O2. The van der Waals surface area contributed by atoms with Gasteiger partial charge < -0.3 is 15.4 Å². The fourth-order valence-corrected chi connectivity index (χ4v) is 3.81. The van der Waals surface area contributed by atoms with Gasteiger partial charge in [-0.1, -0.05) is 0 Å². The molecule has 1 aromatic rings. The van der Waals surface area contributed by atoms with Crippen LogP contribution in [0, 0.1) is 5.92 Å². The van der Waals surface area contributed by atoms with E-state index in [0.29, 0.717) is 12.5 Å². The quantitative estimate of drug-likeness (QED) is 0.863. The van der Waals surface area contributed by atoms with E-state index in [0.717, 1.165) is 31.1 Å². The molecule has 0 spiro atoms. The van der Waals surface area contributed by atoms with E-state index in [1.165, 1.54) is 19.3 Å². The number of aryl methyl sites for hydroxylation is 1. The van der Waals surface area contributed by atoms with Gasteiger partial charge >= 0.3 is 0 Å². The smallest absolute Gasteiger partial charge is 0.220 e. The highest BCUT2D eigenvalue weighted by Gasteiger charge is 2.31. The zero-order chi connectivity index (χ0) is 16.2. The van der Waals surface area contributed by atoms with Gasteiger partial charge in [-0.25, -0.2) is 0 Å². The van der Waals surface area contributed by atoms with Crippen molar-refractivity contribution < 1.29 is 9.53 Å². The summed E-state index contributed by atoms with van der Waals surface area (Å²) in [6, 6.07) is 0.728. The van der Waals surface area contributed by atoms with Gasteiger partial charge in [0.05, 0.1) is 12.2 Å². The SMILES string of the molecule is C[C@@H](CC1CCOCC1)N[C@@H]1CCC(=O)N[C@H]1c1cnn(C)c1. The van der Waals surface area contributed by atoms with Crippen LogP contribution < -0.4 is 10.6 Å². The molecule has 6 nitrogen and oxygen atoms in total. The number of hydrogen-bond acceptors (Lipinski definition) is 4. The Bertz CT molecular complexity index is 524. The number of hydrogen-bond donors (Lipinski definition) is 2. The van der Waals surface area contributed by atoms with E-state index < -0.39 is 0 Å². The van der Waals surface area contributed by atoms with Gasteiger partial charge in [0.25, 0.3) is 0 Å². The number of nitrogens with one attached hydrogen (secondary N) is 2. The highest BCUT2D eigenvalue weighted by molar-refractivity contribution is 5.77. The summed E-state index contributed by atoms with van der Waals surface area (Å²) in [7, 11) is 1.91. The maximum atomic E-state index is 11.8. The maximum absolute atomic E-state index is 11.8. The summed E-state index contributed by atoms with van der Waals surface area (Å²) in [5.41, 5.74) is 1.08. The van der Waals surface area contributed by atoms with E-state index in [9.17, 15) is 4.79 Å². The molecule has 0 bridgehead atoms. The Morgan fingerprint density at radius 3 is 2.91 bits per heavy atom. The number of nitrogens with zero attached hydrogens (tertiary/aromatic N) is 2. The lowest BCUT2D eigenvalue weighted by atomic mass is 9.90. The van der Waals surface area contributed by atoms with E-state index >= 15 is 0 Å². The molecular weight excluding hydrogens is 292 g/mol. The van der Waals surface area contributed by atoms with Crippen molar-refractivity contribution >= 4 is 5.91 Å². The Kier molecular flexibility index (Phi) is 5.33. The van der Waals surface area contributed by atoms with Crippen LogP contribution in [0.3, 0.4) is 0 Å². The summed E-state index contributed by atoms with van der Waals surface area (Å²) in [6.45, 7) is 4.05. The second kappa shape index (κ2) is 7.45. The summed E-state index contributed by atoms with van der Waals surface area (Å²) >= 11 is 0. The van der Waals surface area contributed by atoms with E-state index in [2.05, 4.69) is 22.7 Å². The van der Waals surface area contributed by atoms with Crippen molar-refractivity contribution in [1.29, 1.82) is 0 Å². The molecule has 2 aliphatic heterocycles. The highest BCUT2D eigenvalue weighted by Crippen LogP contribution is 2.26. The number of aromatic nitrogens is 2. The monoisotopic (exact) mass is 320 g/mol. The molecule has 1 aromatic heterocycles. The predicted molar refractivity (Wildman–Crippen MR) is 87.9 cm³/mol. The van der Waals surface area contributed by atoms with Crippen molar-refractivity contribution in [3.8, 4) is 0 Å². The minimum atomic E-state index is 0.0158. The van der Waals surface area contributed by atoms with Crippen LogP contribution in [-0.2, 0) is 16.6 Å². The van der Waals surface area contributed by atoms with Gasteiger partial charge in [-0.15, -0.1) is 0 Å². The van der Waals surface area contributed by atoms with Crippen molar-refractivity contribution in [2.75, 3.05) is 13.2 Å². The predicted octanol–water partition coefficient (Wildman–Crippen LogP) is 1.53. The first-order chi connectivity index (χ1) is 11.1. The van der Waals surface area contributed by atoms with Crippen LogP contribution in [0.5, 0.6) is 0 Å². The van der Waals surface area contributed by atoms with Crippen LogP contribution in [0.4, 0.5) is 0 Å². The molecule has 0 unspecified atom stereocenters. The van der Waals surface area contributed by atoms with Crippen molar-refractivity contribution in [1.82, 2.24) is 20.4 Å². The molecule has 23 heavy (non-hydrogen) atoms. The van der Waals surface area contributed by atoms with Crippen LogP contribution in [0.25, 0.3) is 0 Å². The topological polar surface area (TPSA) is 68.2 Å². The van der Waals surface area contributed by atoms with E-state index in [-0.39, 0.29) is 18.0 Å². The largest absolute Gasteiger partial charge is 0.381 e. The molecule has 0 aliphatic carbocycles. The Labute approximate surface area is 138 Å². The van der Waals surface area contributed by atoms with Gasteiger partial charge in [0, 0.05) is 50.5 Å². The third kappa shape index (κ3) is 4.32. The summed E-state index contributed by atoms with van der Waals surface area (Å²) in [5, 5.41) is 11.1. The molecule has 128 valence electrons. The van der Waals surface area contributed by atoms with Crippen LogP contribution in [0.2, 0.25) is 0 Å². The molecule has 6 heteroatoms. The molecule has 3 heterocycles. The van der Waals surface area contributed by atoms with Crippen molar-refractivity contribution in [2.24, 2.45) is 13.0 Å². The Hall–Kier alpha value is -1.40. The average Bonchev–Trinajstić information content (AvgIpc) is 2.96. The van der Waals surface area contributed by atoms with Crippen molar-refractivity contribution in [3.63, 3.8) is 0 Å². The van der Waals surface area contributed by atoms with Crippen LogP contribution >= 0.6 is 0 Å². The van der Waals surface area contributed by atoms with Crippen LogP contribution in [-0.4, -0.2) is 41.0 Å². The minimum absolute atomic E-state index is 0.0158. The highest BCUT2D eigenvalue weighted by atomic mass is 16.5. The first kappa shape index (κ1) is 16.5. The van der Waals surface area contributed by atoms with Gasteiger partial charge in [0.1, 0.15) is 0 Å². The average molecular weight is 320 g/mol. The second-order valence-electron chi connectivity index (χ2n) is 7.00. The second-order valence-corrected chi connectivity index (χ2v) is 7.00. The van der Waals surface area contributed by atoms with E-state index in [1.807, 2.05) is 19.4 Å². The third-order valence-electron chi connectivity index (χ3n) is 5.01. The third-order valence-corrected chi connectivity index (χ3v) is 5.01. The summed E-state index contributed by atoms with van der Waals surface area (Å²) in [5.74, 6) is 0.884. The van der Waals surface area contributed by atoms with Gasteiger partial charge in [0.2, 0.25) is 5.91 Å². The lowest BCUT2D eigenvalue weighted by Gasteiger charge is -2.35. The number of carbonyl (C=O) groups is 1. The van der Waals surface area contributed by atoms with Gasteiger partial charge in [-0.05, 0) is 38.5 Å². The maximum Gasteiger partial charge on any atom is 0.220 e. The molecule has 3 rings (SSSR count). The fraction of sp³-hybridized carbons (Fsp3) is 0.765.